The topological polar surface area (TPSA) is 87.1 Å². The minimum absolute atomic E-state index is 0.162. The Labute approximate surface area is 259 Å². The van der Waals surface area contributed by atoms with Crippen molar-refractivity contribution in [3.05, 3.63) is 91.9 Å². The van der Waals surface area contributed by atoms with Gasteiger partial charge < -0.3 is 9.84 Å². The zero-order valence-electron chi connectivity index (χ0n) is 23.4. The molecule has 0 saturated carbocycles. The van der Waals surface area contributed by atoms with Gasteiger partial charge in [-0.15, -0.1) is 0 Å². The first-order valence-corrected chi connectivity index (χ1v) is 14.9. The Balaban J connectivity index is 0.000000232. The Morgan fingerprint density at radius 2 is 1.44 bits per heavy atom. The lowest BCUT2D eigenvalue weighted by molar-refractivity contribution is 0.0181. The van der Waals surface area contributed by atoms with Crippen LogP contribution in [0.1, 0.15) is 80.0 Å². The number of carboxylic acid groups (broad SMARTS) is 1. The summed E-state index contributed by atoms with van der Waals surface area (Å²) in [7, 11) is 0. The van der Waals surface area contributed by atoms with Crippen LogP contribution in [0.15, 0.2) is 65.2 Å². The lowest BCUT2D eigenvalue weighted by Crippen LogP contribution is -2.39. The molecule has 1 unspecified atom stereocenters. The summed E-state index contributed by atoms with van der Waals surface area (Å²) in [6.07, 6.45) is 10.6. The van der Waals surface area contributed by atoms with Gasteiger partial charge in [-0.1, -0.05) is 63.4 Å². The number of aldehydes is 1. The minimum atomic E-state index is -0.904. The highest BCUT2D eigenvalue weighted by Crippen LogP contribution is 2.35. The van der Waals surface area contributed by atoms with E-state index in [1.54, 1.807) is 29.2 Å². The maximum Gasteiger partial charge on any atom is 0.411 e. The number of carbonyl (C=O) groups is 3. The molecule has 4 rings (SSSR count). The van der Waals surface area contributed by atoms with E-state index in [1.165, 1.54) is 4.90 Å². The van der Waals surface area contributed by atoms with Crippen LogP contribution in [0.5, 0.6) is 0 Å². The van der Waals surface area contributed by atoms with Crippen LogP contribution in [0.25, 0.3) is 0 Å². The van der Waals surface area contributed by atoms with Crippen LogP contribution >= 0.6 is 39.1 Å². The zero-order valence-corrected chi connectivity index (χ0v) is 26.5. The third-order valence-electron chi connectivity index (χ3n) is 6.63. The van der Waals surface area contributed by atoms with Gasteiger partial charge in [0.1, 0.15) is 11.9 Å². The molecule has 2 aromatic carbocycles. The second-order valence-corrected chi connectivity index (χ2v) is 12.5. The van der Waals surface area contributed by atoms with Crippen LogP contribution < -0.4 is 0 Å². The summed E-state index contributed by atoms with van der Waals surface area (Å²) in [6.45, 7) is 6.38. The summed E-state index contributed by atoms with van der Waals surface area (Å²) in [5, 5.41) is 10.5. The van der Waals surface area contributed by atoms with Crippen LogP contribution in [0, 0.1) is 0 Å². The minimum Gasteiger partial charge on any atom is -0.465 e. The fraction of sp³-hybridized carbons (Fsp3) is 0.387. The van der Waals surface area contributed by atoms with Gasteiger partial charge in [0, 0.05) is 33.2 Å². The Bertz CT molecular complexity index is 1310. The standard InChI is InChI=1S/C18H22ClNO3.C13H13BrClNO2/c1-18(2,3)23-17(22)20-10-6-4-5-7-16(20)15-11-14(19)9-8-13(15)12-21;14-11-6-5-9(15)8-10(11)12-4-2-1-3-7-16(12)13(17)18/h4,6,8-9,11-12,16H,5,7,10H2,1-3H3;1,3,5-6,8,12H,2,4,7H2,(H,17,18)/t16-;/m1./s1. The summed E-state index contributed by atoms with van der Waals surface area (Å²) in [4.78, 5) is 38.4. The molecule has 0 saturated heterocycles. The van der Waals surface area contributed by atoms with E-state index in [0.29, 0.717) is 28.7 Å². The van der Waals surface area contributed by atoms with Crippen molar-refractivity contribution in [2.45, 2.75) is 64.1 Å². The molecule has 2 heterocycles. The molecule has 0 bridgehead atoms. The molecular weight excluding hydrogens is 631 g/mol. The van der Waals surface area contributed by atoms with E-state index in [1.807, 2.05) is 57.2 Å². The SMILES string of the molecule is CC(C)(C)OC(=O)N1CC=CCC[C@@H]1c1cc(Cl)ccc1C=O.O=C(O)N1CC=CCCC1c1cc(Cl)ccc1Br. The predicted octanol–water partition coefficient (Wildman–Crippen LogP) is 9.25. The highest BCUT2D eigenvalue weighted by atomic mass is 79.9. The third kappa shape index (κ3) is 9.35. The van der Waals surface area contributed by atoms with Crippen molar-refractivity contribution in [3.63, 3.8) is 0 Å². The monoisotopic (exact) mass is 664 g/mol. The fourth-order valence-corrected chi connectivity index (χ4v) is 5.65. The van der Waals surface area contributed by atoms with E-state index in [-0.39, 0.29) is 18.2 Å². The second kappa shape index (κ2) is 14.9. The predicted molar refractivity (Wildman–Crippen MR) is 166 cm³/mol. The molecule has 220 valence electrons. The lowest BCUT2D eigenvalue weighted by Gasteiger charge is -2.33. The molecule has 2 amide bonds. The Hall–Kier alpha value is -2.81. The molecule has 2 aromatic rings. The number of halogens is 3. The van der Waals surface area contributed by atoms with Crippen LogP contribution in [0.3, 0.4) is 0 Å². The van der Waals surface area contributed by atoms with Gasteiger partial charge in [-0.2, -0.15) is 0 Å². The van der Waals surface area contributed by atoms with E-state index >= 15 is 0 Å². The first kappa shape index (κ1) is 32.7. The van der Waals surface area contributed by atoms with Crippen LogP contribution in [0.4, 0.5) is 9.59 Å². The Kier molecular flexibility index (Phi) is 11.9. The summed E-state index contributed by atoms with van der Waals surface area (Å²) in [5.74, 6) is 0. The first-order valence-electron chi connectivity index (χ1n) is 13.4. The molecular formula is C31H35BrCl2N2O5. The van der Waals surface area contributed by atoms with Gasteiger partial charge in [-0.25, -0.2) is 9.59 Å². The maximum absolute atomic E-state index is 12.6. The smallest absolute Gasteiger partial charge is 0.411 e. The normalized spacial score (nSPS) is 19.0. The van der Waals surface area contributed by atoms with Crippen molar-refractivity contribution >= 4 is 57.6 Å². The molecule has 10 heteroatoms. The van der Waals surface area contributed by atoms with Gasteiger partial charge in [0.2, 0.25) is 0 Å². The van der Waals surface area contributed by atoms with E-state index < -0.39 is 11.7 Å². The quantitative estimate of drug-likeness (QED) is 0.261. The number of ether oxygens (including phenoxy) is 1. The van der Waals surface area contributed by atoms with Crippen molar-refractivity contribution in [1.29, 1.82) is 0 Å². The Morgan fingerprint density at radius 1 is 0.902 bits per heavy atom. The highest BCUT2D eigenvalue weighted by Gasteiger charge is 2.31. The number of allylic oxidation sites excluding steroid dienone is 2. The van der Waals surface area contributed by atoms with Crippen molar-refractivity contribution < 1.29 is 24.2 Å². The van der Waals surface area contributed by atoms with Gasteiger partial charge >= 0.3 is 12.2 Å². The third-order valence-corrected chi connectivity index (χ3v) is 7.82. The van der Waals surface area contributed by atoms with Gasteiger partial charge in [-0.05, 0) is 94.0 Å². The van der Waals surface area contributed by atoms with Crippen LogP contribution in [0.2, 0.25) is 10.0 Å². The summed E-state index contributed by atoms with van der Waals surface area (Å²) < 4.78 is 6.41. The van der Waals surface area contributed by atoms with E-state index in [9.17, 15) is 19.5 Å². The number of carbonyl (C=O) groups excluding carboxylic acids is 2. The molecule has 0 fully saturated rings. The average Bonchev–Trinajstić information content (AvgIpc) is 3.31. The van der Waals surface area contributed by atoms with Gasteiger partial charge in [0.05, 0.1) is 12.1 Å². The second-order valence-electron chi connectivity index (χ2n) is 10.8. The van der Waals surface area contributed by atoms with Crippen LogP contribution in [-0.2, 0) is 4.74 Å². The molecule has 1 N–H and O–H groups in total. The number of rotatable bonds is 3. The molecule has 2 atom stereocenters. The molecule has 0 aromatic heterocycles. The fourth-order valence-electron chi connectivity index (χ4n) is 4.78. The molecule has 0 aliphatic carbocycles. The molecule has 0 spiro atoms. The Morgan fingerprint density at radius 3 is 2.00 bits per heavy atom. The van der Waals surface area contributed by atoms with Crippen molar-refractivity contribution in [3.8, 4) is 0 Å². The van der Waals surface area contributed by atoms with E-state index in [4.69, 9.17) is 27.9 Å². The average molecular weight is 666 g/mol. The molecule has 7 nitrogen and oxygen atoms in total. The number of amides is 2. The van der Waals surface area contributed by atoms with Gasteiger partial charge in [-0.3, -0.25) is 14.6 Å². The number of nitrogens with zero attached hydrogens (tertiary/aromatic N) is 2. The lowest BCUT2D eigenvalue weighted by atomic mass is 9.96. The number of hydrogen-bond acceptors (Lipinski definition) is 4. The summed E-state index contributed by atoms with van der Waals surface area (Å²) in [5.41, 5.74) is 1.67. The highest BCUT2D eigenvalue weighted by molar-refractivity contribution is 9.10. The molecule has 41 heavy (non-hydrogen) atoms. The van der Waals surface area contributed by atoms with Crippen LogP contribution in [-0.4, -0.2) is 52.1 Å². The number of hydrogen-bond donors (Lipinski definition) is 1. The largest absolute Gasteiger partial charge is 0.465 e. The van der Waals surface area contributed by atoms with Crippen molar-refractivity contribution in [2.75, 3.05) is 13.1 Å². The van der Waals surface area contributed by atoms with Gasteiger partial charge in [0.15, 0.2) is 0 Å². The van der Waals surface area contributed by atoms with Gasteiger partial charge in [0.25, 0.3) is 0 Å². The molecule has 0 radical (unpaired) electrons. The molecule has 2 aliphatic heterocycles. The van der Waals surface area contributed by atoms with E-state index in [2.05, 4.69) is 15.9 Å². The zero-order chi connectivity index (χ0) is 30.2. The maximum atomic E-state index is 12.6. The summed E-state index contributed by atoms with van der Waals surface area (Å²) in [6, 6.07) is 10.2. The molecule has 2 aliphatic rings. The number of benzene rings is 2. The summed E-state index contributed by atoms with van der Waals surface area (Å²) >= 11 is 15.6. The van der Waals surface area contributed by atoms with E-state index in [0.717, 1.165) is 47.6 Å². The van der Waals surface area contributed by atoms with Crippen molar-refractivity contribution in [1.82, 2.24) is 9.80 Å². The first-order chi connectivity index (χ1) is 19.4. The van der Waals surface area contributed by atoms with Crippen molar-refractivity contribution in [2.24, 2.45) is 0 Å².